The summed E-state index contributed by atoms with van der Waals surface area (Å²) in [6, 6.07) is 1.50. The zero-order valence-electron chi connectivity index (χ0n) is 18.6. The first kappa shape index (κ1) is 23.9. The maximum atomic E-state index is 15.8. The van der Waals surface area contributed by atoms with Gasteiger partial charge in [-0.15, -0.1) is 0 Å². The minimum absolute atomic E-state index is 0.0724. The second-order valence-corrected chi connectivity index (χ2v) is 7.85. The fourth-order valence-electron chi connectivity index (χ4n) is 3.80. The highest BCUT2D eigenvalue weighted by Crippen LogP contribution is 2.43. The third-order valence-electron chi connectivity index (χ3n) is 5.49. The SMILES string of the molecule is COc1nc2c3c(nc(-c4ccc(F)c(C)c4C(F)(F)F)c(F)c3n1)OC(C)CCNCCN2. The molecule has 1 aromatic carbocycles. The summed E-state index contributed by atoms with van der Waals surface area (Å²) >= 11 is 0. The van der Waals surface area contributed by atoms with Gasteiger partial charge in [0.05, 0.1) is 18.8 Å². The topological polar surface area (TPSA) is 81.2 Å². The minimum Gasteiger partial charge on any atom is -0.474 e. The molecule has 1 atom stereocenters. The summed E-state index contributed by atoms with van der Waals surface area (Å²) in [5.74, 6) is -2.18. The first-order chi connectivity index (χ1) is 16.1. The third-order valence-corrected chi connectivity index (χ3v) is 5.49. The highest BCUT2D eigenvalue weighted by atomic mass is 19.4. The predicted octanol–water partition coefficient (Wildman–Crippen LogP) is 4.48. The van der Waals surface area contributed by atoms with Crippen molar-refractivity contribution in [3.63, 3.8) is 0 Å². The number of alkyl halides is 3. The summed E-state index contributed by atoms with van der Waals surface area (Å²) < 4.78 is 82.6. The van der Waals surface area contributed by atoms with Gasteiger partial charge in [0.1, 0.15) is 28.2 Å². The lowest BCUT2D eigenvalue weighted by Gasteiger charge is -2.20. The number of benzene rings is 1. The molecule has 1 aliphatic rings. The first-order valence-electron chi connectivity index (χ1n) is 10.5. The monoisotopic (exact) mass is 483 g/mol. The number of rotatable bonds is 2. The van der Waals surface area contributed by atoms with Crippen molar-refractivity contribution in [2.75, 3.05) is 32.1 Å². The number of hydrogen-bond acceptors (Lipinski definition) is 7. The highest BCUT2D eigenvalue weighted by Gasteiger charge is 2.38. The van der Waals surface area contributed by atoms with E-state index >= 15 is 4.39 Å². The number of methoxy groups -OCH3 is 1. The lowest BCUT2D eigenvalue weighted by molar-refractivity contribution is -0.137. The number of ether oxygens (including phenoxy) is 2. The van der Waals surface area contributed by atoms with E-state index < -0.39 is 46.3 Å². The molecule has 12 heteroatoms. The van der Waals surface area contributed by atoms with E-state index in [2.05, 4.69) is 25.6 Å². The molecule has 0 saturated carbocycles. The summed E-state index contributed by atoms with van der Waals surface area (Å²) in [5.41, 5.74) is -3.60. The number of nitrogens with zero attached hydrogens (tertiary/aromatic N) is 3. The normalized spacial score (nSPS) is 17.0. The third kappa shape index (κ3) is 4.41. The Kier molecular flexibility index (Phi) is 6.43. The van der Waals surface area contributed by atoms with Gasteiger partial charge in [0, 0.05) is 18.7 Å². The van der Waals surface area contributed by atoms with E-state index in [1.54, 1.807) is 6.92 Å². The van der Waals surface area contributed by atoms with E-state index in [0.717, 1.165) is 19.1 Å². The second kappa shape index (κ2) is 9.16. The smallest absolute Gasteiger partial charge is 0.417 e. The Labute approximate surface area is 191 Å². The van der Waals surface area contributed by atoms with Gasteiger partial charge in [-0.05, 0) is 44.5 Å². The Bertz CT molecular complexity index is 1240. The predicted molar refractivity (Wildman–Crippen MR) is 115 cm³/mol. The van der Waals surface area contributed by atoms with Crippen molar-refractivity contribution in [3.05, 3.63) is 34.9 Å². The van der Waals surface area contributed by atoms with Gasteiger partial charge in [-0.25, -0.2) is 13.8 Å². The van der Waals surface area contributed by atoms with Gasteiger partial charge in [-0.3, -0.25) is 0 Å². The number of nitrogens with one attached hydrogen (secondary N) is 2. The summed E-state index contributed by atoms with van der Waals surface area (Å²) in [7, 11) is 1.28. The molecule has 0 amide bonds. The van der Waals surface area contributed by atoms with Crippen LogP contribution in [0.5, 0.6) is 11.9 Å². The quantitative estimate of drug-likeness (QED) is 0.521. The van der Waals surface area contributed by atoms with Crippen molar-refractivity contribution in [2.24, 2.45) is 0 Å². The van der Waals surface area contributed by atoms with E-state index in [4.69, 9.17) is 9.47 Å². The van der Waals surface area contributed by atoms with Crippen LogP contribution in [-0.4, -0.2) is 47.8 Å². The highest BCUT2D eigenvalue weighted by molar-refractivity contribution is 5.96. The molecule has 1 aliphatic heterocycles. The number of aromatic nitrogens is 3. The van der Waals surface area contributed by atoms with Crippen LogP contribution in [0.1, 0.15) is 24.5 Å². The van der Waals surface area contributed by atoms with Gasteiger partial charge in [0.25, 0.3) is 0 Å². The van der Waals surface area contributed by atoms with Crippen molar-refractivity contribution >= 4 is 16.7 Å². The Balaban J connectivity index is 2.07. The molecule has 3 aromatic rings. The van der Waals surface area contributed by atoms with Crippen LogP contribution in [0.3, 0.4) is 0 Å². The van der Waals surface area contributed by atoms with Gasteiger partial charge < -0.3 is 20.1 Å². The molecule has 3 heterocycles. The number of pyridine rings is 1. The fraction of sp³-hybridized carbons (Fsp3) is 0.409. The van der Waals surface area contributed by atoms with Crippen molar-refractivity contribution in [3.8, 4) is 23.1 Å². The summed E-state index contributed by atoms with van der Waals surface area (Å²) in [6.07, 6.45) is -4.81. The van der Waals surface area contributed by atoms with E-state index in [0.29, 0.717) is 26.1 Å². The molecule has 1 unspecified atom stereocenters. The summed E-state index contributed by atoms with van der Waals surface area (Å²) in [5, 5.41) is 6.33. The van der Waals surface area contributed by atoms with Gasteiger partial charge in [-0.1, -0.05) is 0 Å². The van der Waals surface area contributed by atoms with Crippen molar-refractivity contribution in [1.82, 2.24) is 20.3 Å². The average Bonchev–Trinajstić information content (AvgIpc) is 2.81. The Hall–Kier alpha value is -3.28. The maximum absolute atomic E-state index is 15.8. The molecule has 34 heavy (non-hydrogen) atoms. The molecule has 0 bridgehead atoms. The fourth-order valence-corrected chi connectivity index (χ4v) is 3.80. The van der Waals surface area contributed by atoms with Crippen molar-refractivity contribution < 1.29 is 31.4 Å². The molecule has 0 aliphatic carbocycles. The summed E-state index contributed by atoms with van der Waals surface area (Å²) in [6.45, 7) is 4.35. The molecule has 0 radical (unpaired) electrons. The lowest BCUT2D eigenvalue weighted by Crippen LogP contribution is -2.26. The zero-order valence-corrected chi connectivity index (χ0v) is 18.6. The van der Waals surface area contributed by atoms with Crippen LogP contribution in [0.25, 0.3) is 22.2 Å². The van der Waals surface area contributed by atoms with Gasteiger partial charge >= 0.3 is 12.2 Å². The van der Waals surface area contributed by atoms with Crippen LogP contribution in [-0.2, 0) is 6.18 Å². The van der Waals surface area contributed by atoms with E-state index in [1.165, 1.54) is 7.11 Å². The number of hydrogen-bond donors (Lipinski definition) is 2. The van der Waals surface area contributed by atoms with Gasteiger partial charge in [0.2, 0.25) is 5.88 Å². The Morgan fingerprint density at radius 1 is 1.09 bits per heavy atom. The molecule has 0 spiro atoms. The largest absolute Gasteiger partial charge is 0.474 e. The van der Waals surface area contributed by atoms with Crippen molar-refractivity contribution in [1.29, 1.82) is 0 Å². The standard InChI is InChI=1S/C22H22F5N5O2/c1-10-6-7-28-8-9-29-19-14-18(31-21(32-19)33-3)16(24)17(30-20(14)34-10)12-4-5-13(23)11(2)15(12)22(25,26)27/h4-5,10,28H,6-9H2,1-3H3,(H,29,31,32). The minimum atomic E-state index is -4.96. The number of anilines is 1. The molecule has 0 fully saturated rings. The molecule has 7 nitrogen and oxygen atoms in total. The Morgan fingerprint density at radius 2 is 1.85 bits per heavy atom. The molecule has 4 rings (SSSR count). The first-order valence-corrected chi connectivity index (χ1v) is 10.5. The van der Waals surface area contributed by atoms with Crippen LogP contribution < -0.4 is 20.1 Å². The van der Waals surface area contributed by atoms with E-state index in [-0.39, 0.29) is 28.6 Å². The Morgan fingerprint density at radius 3 is 2.56 bits per heavy atom. The zero-order chi connectivity index (χ0) is 24.6. The molecule has 0 saturated heterocycles. The molecular formula is C22H22F5N5O2. The van der Waals surface area contributed by atoms with Crippen LogP contribution in [0.2, 0.25) is 0 Å². The average molecular weight is 483 g/mol. The van der Waals surface area contributed by atoms with Gasteiger partial charge in [-0.2, -0.15) is 23.1 Å². The van der Waals surface area contributed by atoms with Crippen LogP contribution in [0, 0.1) is 18.6 Å². The second-order valence-electron chi connectivity index (χ2n) is 7.85. The van der Waals surface area contributed by atoms with Crippen LogP contribution >= 0.6 is 0 Å². The maximum Gasteiger partial charge on any atom is 0.417 e. The van der Waals surface area contributed by atoms with E-state index in [9.17, 15) is 17.6 Å². The van der Waals surface area contributed by atoms with Crippen molar-refractivity contribution in [2.45, 2.75) is 32.5 Å². The number of halogens is 5. The molecule has 182 valence electrons. The van der Waals surface area contributed by atoms with Crippen LogP contribution in [0.15, 0.2) is 12.1 Å². The molecule has 2 N–H and O–H groups in total. The van der Waals surface area contributed by atoms with Crippen LogP contribution in [0.4, 0.5) is 27.8 Å². The van der Waals surface area contributed by atoms with Gasteiger partial charge in [0.15, 0.2) is 5.82 Å². The molecule has 2 aromatic heterocycles. The molecular weight excluding hydrogens is 461 g/mol. The summed E-state index contributed by atoms with van der Waals surface area (Å²) in [4.78, 5) is 12.4. The van der Waals surface area contributed by atoms with E-state index in [1.807, 2.05) is 0 Å². The lowest BCUT2D eigenvalue weighted by atomic mass is 9.97.